The first-order chi connectivity index (χ1) is 6.90. The van der Waals surface area contributed by atoms with Gasteiger partial charge in [0.2, 0.25) is 0 Å². The van der Waals surface area contributed by atoms with Gasteiger partial charge in [-0.3, -0.25) is 0 Å². The molecule has 15 heavy (non-hydrogen) atoms. The van der Waals surface area contributed by atoms with E-state index < -0.39 is 0 Å². The van der Waals surface area contributed by atoms with Crippen LogP contribution >= 0.6 is 0 Å². The molecule has 0 aromatic heterocycles. The van der Waals surface area contributed by atoms with Crippen molar-refractivity contribution < 1.29 is 0 Å². The largest absolute Gasteiger partial charge is 0.316 e. The highest BCUT2D eigenvalue weighted by molar-refractivity contribution is 4.75. The van der Waals surface area contributed by atoms with Crippen molar-refractivity contribution >= 4 is 0 Å². The standard InChI is InChI=1S/C13H30N2/c1-7-15-12(4)8-9-14-10-13(5,6)11(2)3/h11-12,14-15H,7-10H2,1-6H3. The lowest BCUT2D eigenvalue weighted by atomic mass is 9.81. The van der Waals surface area contributed by atoms with Gasteiger partial charge in [0.25, 0.3) is 0 Å². The minimum Gasteiger partial charge on any atom is -0.316 e. The molecule has 0 aliphatic carbocycles. The Morgan fingerprint density at radius 1 is 1.13 bits per heavy atom. The van der Waals surface area contributed by atoms with Crippen molar-refractivity contribution in [1.82, 2.24) is 10.6 Å². The Bertz CT molecular complexity index is 153. The van der Waals surface area contributed by atoms with Crippen LogP contribution in [-0.4, -0.2) is 25.7 Å². The molecule has 0 saturated heterocycles. The zero-order valence-electron chi connectivity index (χ0n) is 11.5. The Morgan fingerprint density at radius 2 is 1.73 bits per heavy atom. The second-order valence-corrected chi connectivity index (χ2v) is 5.57. The first kappa shape index (κ1) is 14.9. The van der Waals surface area contributed by atoms with Gasteiger partial charge in [-0.15, -0.1) is 0 Å². The van der Waals surface area contributed by atoms with E-state index in [1.807, 2.05) is 0 Å². The van der Waals surface area contributed by atoms with E-state index in [1.54, 1.807) is 0 Å². The molecule has 2 nitrogen and oxygen atoms in total. The van der Waals surface area contributed by atoms with Crippen molar-refractivity contribution in [3.63, 3.8) is 0 Å². The predicted octanol–water partition coefficient (Wildman–Crippen LogP) is 2.65. The zero-order valence-corrected chi connectivity index (χ0v) is 11.5. The van der Waals surface area contributed by atoms with Crippen molar-refractivity contribution in [2.24, 2.45) is 11.3 Å². The molecular formula is C13H30N2. The summed E-state index contributed by atoms with van der Waals surface area (Å²) in [4.78, 5) is 0. The highest BCUT2D eigenvalue weighted by Gasteiger charge is 2.21. The van der Waals surface area contributed by atoms with Crippen molar-refractivity contribution in [3.8, 4) is 0 Å². The molecule has 0 radical (unpaired) electrons. The van der Waals surface area contributed by atoms with Crippen LogP contribution in [0.5, 0.6) is 0 Å². The fourth-order valence-corrected chi connectivity index (χ4v) is 1.38. The second-order valence-electron chi connectivity index (χ2n) is 5.57. The van der Waals surface area contributed by atoms with E-state index in [1.165, 1.54) is 6.42 Å². The van der Waals surface area contributed by atoms with Crippen LogP contribution in [0.1, 0.15) is 48.0 Å². The summed E-state index contributed by atoms with van der Waals surface area (Å²) in [6, 6.07) is 0.629. The third-order valence-electron chi connectivity index (χ3n) is 3.45. The summed E-state index contributed by atoms with van der Waals surface area (Å²) < 4.78 is 0. The maximum absolute atomic E-state index is 3.56. The van der Waals surface area contributed by atoms with Crippen LogP contribution in [0, 0.1) is 11.3 Å². The SMILES string of the molecule is CCNC(C)CCNCC(C)(C)C(C)C. The molecule has 1 atom stereocenters. The average Bonchev–Trinajstić information content (AvgIpc) is 2.13. The molecule has 0 aliphatic heterocycles. The number of hydrogen-bond acceptors (Lipinski definition) is 2. The molecule has 0 bridgehead atoms. The van der Waals surface area contributed by atoms with Gasteiger partial charge in [0, 0.05) is 12.6 Å². The van der Waals surface area contributed by atoms with Crippen molar-refractivity contribution in [2.45, 2.75) is 54.0 Å². The summed E-state index contributed by atoms with van der Waals surface area (Å²) in [7, 11) is 0. The minimum atomic E-state index is 0.404. The van der Waals surface area contributed by atoms with E-state index in [4.69, 9.17) is 0 Å². The highest BCUT2D eigenvalue weighted by Crippen LogP contribution is 2.24. The predicted molar refractivity (Wildman–Crippen MR) is 69.2 cm³/mol. The van der Waals surface area contributed by atoms with E-state index in [2.05, 4.69) is 52.2 Å². The van der Waals surface area contributed by atoms with E-state index in [0.717, 1.165) is 25.6 Å². The Hall–Kier alpha value is -0.0800. The van der Waals surface area contributed by atoms with Gasteiger partial charge in [0.05, 0.1) is 0 Å². The van der Waals surface area contributed by atoms with E-state index in [0.29, 0.717) is 11.5 Å². The third-order valence-corrected chi connectivity index (χ3v) is 3.45. The fraction of sp³-hybridized carbons (Fsp3) is 1.00. The molecule has 0 aliphatic rings. The summed E-state index contributed by atoms with van der Waals surface area (Å²) in [5.74, 6) is 0.733. The van der Waals surface area contributed by atoms with E-state index in [9.17, 15) is 0 Å². The van der Waals surface area contributed by atoms with Crippen LogP contribution in [0.25, 0.3) is 0 Å². The maximum atomic E-state index is 3.56. The molecule has 92 valence electrons. The summed E-state index contributed by atoms with van der Waals surface area (Å²) in [5, 5.41) is 6.98. The summed E-state index contributed by atoms with van der Waals surface area (Å²) in [6.45, 7) is 17.0. The Labute approximate surface area is 96.2 Å². The van der Waals surface area contributed by atoms with E-state index in [-0.39, 0.29) is 0 Å². The molecule has 0 spiro atoms. The van der Waals surface area contributed by atoms with E-state index >= 15 is 0 Å². The first-order valence-electron chi connectivity index (χ1n) is 6.34. The van der Waals surface area contributed by atoms with Crippen LogP contribution in [0.2, 0.25) is 0 Å². The highest BCUT2D eigenvalue weighted by atomic mass is 14.9. The monoisotopic (exact) mass is 214 g/mol. The van der Waals surface area contributed by atoms with Crippen LogP contribution < -0.4 is 10.6 Å². The van der Waals surface area contributed by atoms with Gasteiger partial charge in [-0.05, 0) is 37.8 Å². The third kappa shape index (κ3) is 6.91. The molecular weight excluding hydrogens is 184 g/mol. The second kappa shape index (κ2) is 7.24. The molecule has 2 heteroatoms. The average molecular weight is 214 g/mol. The zero-order chi connectivity index (χ0) is 11.9. The van der Waals surface area contributed by atoms with Gasteiger partial charge in [0.1, 0.15) is 0 Å². The van der Waals surface area contributed by atoms with Crippen molar-refractivity contribution in [3.05, 3.63) is 0 Å². The first-order valence-corrected chi connectivity index (χ1v) is 6.34. The van der Waals surface area contributed by atoms with Gasteiger partial charge in [-0.25, -0.2) is 0 Å². The normalized spacial score (nSPS) is 14.6. The molecule has 0 aromatic carbocycles. The number of rotatable bonds is 8. The topological polar surface area (TPSA) is 24.1 Å². The molecule has 0 heterocycles. The molecule has 0 rings (SSSR count). The lowest BCUT2D eigenvalue weighted by molar-refractivity contribution is 0.237. The van der Waals surface area contributed by atoms with Crippen LogP contribution in [0.4, 0.5) is 0 Å². The van der Waals surface area contributed by atoms with Gasteiger partial charge in [-0.2, -0.15) is 0 Å². The molecule has 0 amide bonds. The van der Waals surface area contributed by atoms with Crippen molar-refractivity contribution in [2.75, 3.05) is 19.6 Å². The van der Waals surface area contributed by atoms with Gasteiger partial charge in [-0.1, -0.05) is 34.6 Å². The van der Waals surface area contributed by atoms with Crippen LogP contribution in [0.15, 0.2) is 0 Å². The maximum Gasteiger partial charge on any atom is 0.00506 e. The summed E-state index contributed by atoms with van der Waals surface area (Å²) >= 11 is 0. The van der Waals surface area contributed by atoms with Crippen LogP contribution in [0.3, 0.4) is 0 Å². The van der Waals surface area contributed by atoms with Crippen LogP contribution in [-0.2, 0) is 0 Å². The number of nitrogens with one attached hydrogen (secondary N) is 2. The smallest absolute Gasteiger partial charge is 0.00506 e. The lowest BCUT2D eigenvalue weighted by Gasteiger charge is -2.29. The fourth-order valence-electron chi connectivity index (χ4n) is 1.38. The number of hydrogen-bond donors (Lipinski definition) is 2. The Morgan fingerprint density at radius 3 is 2.20 bits per heavy atom. The minimum absolute atomic E-state index is 0.404. The Balaban J connectivity index is 3.54. The molecule has 2 N–H and O–H groups in total. The van der Waals surface area contributed by atoms with Crippen molar-refractivity contribution in [1.29, 1.82) is 0 Å². The summed E-state index contributed by atoms with van der Waals surface area (Å²) in [6.07, 6.45) is 1.21. The van der Waals surface area contributed by atoms with Gasteiger partial charge in [0.15, 0.2) is 0 Å². The Kier molecular flexibility index (Phi) is 7.20. The molecule has 1 unspecified atom stereocenters. The molecule has 0 saturated carbocycles. The van der Waals surface area contributed by atoms with Gasteiger partial charge < -0.3 is 10.6 Å². The lowest BCUT2D eigenvalue weighted by Crippen LogP contribution is -2.36. The van der Waals surface area contributed by atoms with Gasteiger partial charge >= 0.3 is 0 Å². The molecule has 0 aromatic rings. The quantitative estimate of drug-likeness (QED) is 0.607. The summed E-state index contributed by atoms with van der Waals surface area (Å²) in [5.41, 5.74) is 0.404. The molecule has 0 fully saturated rings.